The Bertz CT molecular complexity index is 349. The number of carbonyl (C=O) groups is 1. The SMILES string of the molecule is Cc1cccc(N(C)C(=O)CBr)c1C. The molecule has 0 bridgehead atoms. The van der Waals surface area contributed by atoms with E-state index in [9.17, 15) is 4.79 Å². The summed E-state index contributed by atoms with van der Waals surface area (Å²) in [6, 6.07) is 5.98. The van der Waals surface area contributed by atoms with Crippen molar-refractivity contribution in [3.05, 3.63) is 29.3 Å². The van der Waals surface area contributed by atoms with Crippen LogP contribution in [-0.2, 0) is 4.79 Å². The lowest BCUT2D eigenvalue weighted by Gasteiger charge is -2.19. The van der Waals surface area contributed by atoms with Crippen LogP contribution in [0.3, 0.4) is 0 Å². The second-order valence-electron chi connectivity index (χ2n) is 3.31. The Balaban J connectivity index is 3.07. The van der Waals surface area contributed by atoms with Gasteiger partial charge < -0.3 is 4.90 Å². The summed E-state index contributed by atoms with van der Waals surface area (Å²) < 4.78 is 0. The topological polar surface area (TPSA) is 20.3 Å². The maximum atomic E-state index is 11.5. The van der Waals surface area contributed by atoms with Crippen molar-refractivity contribution in [3.63, 3.8) is 0 Å². The number of rotatable bonds is 2. The van der Waals surface area contributed by atoms with Crippen LogP contribution in [0.4, 0.5) is 5.69 Å². The van der Waals surface area contributed by atoms with Gasteiger partial charge in [0.2, 0.25) is 5.91 Å². The zero-order chi connectivity index (χ0) is 10.7. The Kier molecular flexibility index (Phi) is 3.69. The molecule has 1 amide bonds. The van der Waals surface area contributed by atoms with Crippen LogP contribution in [-0.4, -0.2) is 18.3 Å². The van der Waals surface area contributed by atoms with Gasteiger partial charge in [0.15, 0.2) is 0 Å². The van der Waals surface area contributed by atoms with Gasteiger partial charge in [0.1, 0.15) is 0 Å². The van der Waals surface area contributed by atoms with Crippen molar-refractivity contribution in [1.29, 1.82) is 0 Å². The van der Waals surface area contributed by atoms with Crippen molar-refractivity contribution in [2.24, 2.45) is 0 Å². The number of halogens is 1. The van der Waals surface area contributed by atoms with E-state index in [-0.39, 0.29) is 5.91 Å². The van der Waals surface area contributed by atoms with Crippen molar-refractivity contribution < 1.29 is 4.79 Å². The van der Waals surface area contributed by atoms with Crippen LogP contribution in [0.15, 0.2) is 18.2 Å². The molecule has 1 rings (SSSR count). The standard InChI is InChI=1S/C11H14BrNO/c1-8-5-4-6-10(9(8)2)13(3)11(14)7-12/h4-6H,7H2,1-3H3. The van der Waals surface area contributed by atoms with Gasteiger partial charge in [-0.05, 0) is 31.0 Å². The molecule has 0 aliphatic carbocycles. The first kappa shape index (κ1) is 11.2. The molecular weight excluding hydrogens is 242 g/mol. The van der Waals surface area contributed by atoms with Gasteiger partial charge in [0.25, 0.3) is 0 Å². The van der Waals surface area contributed by atoms with Crippen LogP contribution in [0.1, 0.15) is 11.1 Å². The summed E-state index contributed by atoms with van der Waals surface area (Å²) in [4.78, 5) is 13.1. The number of aryl methyl sites for hydroxylation is 1. The van der Waals surface area contributed by atoms with E-state index in [0.29, 0.717) is 5.33 Å². The summed E-state index contributed by atoms with van der Waals surface area (Å²) in [6.45, 7) is 4.08. The fourth-order valence-electron chi connectivity index (χ4n) is 1.32. The van der Waals surface area contributed by atoms with Gasteiger partial charge in [-0.25, -0.2) is 0 Å². The minimum atomic E-state index is 0.0682. The number of hydrogen-bond acceptors (Lipinski definition) is 1. The summed E-state index contributed by atoms with van der Waals surface area (Å²) in [5, 5.41) is 0.358. The lowest BCUT2D eigenvalue weighted by atomic mass is 10.1. The zero-order valence-electron chi connectivity index (χ0n) is 8.67. The van der Waals surface area contributed by atoms with Crippen molar-refractivity contribution in [2.75, 3.05) is 17.3 Å². The quantitative estimate of drug-likeness (QED) is 0.745. The third kappa shape index (κ3) is 2.15. The highest BCUT2D eigenvalue weighted by molar-refractivity contribution is 9.09. The molecular formula is C11H14BrNO. The van der Waals surface area contributed by atoms with Crippen LogP contribution in [0.25, 0.3) is 0 Å². The second-order valence-corrected chi connectivity index (χ2v) is 3.87. The van der Waals surface area contributed by atoms with E-state index in [1.807, 2.05) is 32.0 Å². The average molecular weight is 256 g/mol. The normalized spacial score (nSPS) is 10.0. The van der Waals surface area contributed by atoms with E-state index in [0.717, 1.165) is 11.3 Å². The Labute approximate surface area is 93.0 Å². The summed E-state index contributed by atoms with van der Waals surface area (Å²) in [5.41, 5.74) is 3.34. The molecule has 0 aliphatic rings. The molecule has 0 N–H and O–H groups in total. The summed E-state index contributed by atoms with van der Waals surface area (Å²) in [6.07, 6.45) is 0. The van der Waals surface area contributed by atoms with Crippen LogP contribution < -0.4 is 4.90 Å². The Morgan fingerprint density at radius 3 is 2.64 bits per heavy atom. The predicted octanol–water partition coefficient (Wildman–Crippen LogP) is 2.66. The Morgan fingerprint density at radius 2 is 2.07 bits per heavy atom. The van der Waals surface area contributed by atoms with Gasteiger partial charge in [-0.2, -0.15) is 0 Å². The highest BCUT2D eigenvalue weighted by Gasteiger charge is 2.11. The van der Waals surface area contributed by atoms with Crippen molar-refractivity contribution in [2.45, 2.75) is 13.8 Å². The first-order valence-electron chi connectivity index (χ1n) is 4.46. The molecule has 0 aromatic heterocycles. The van der Waals surface area contributed by atoms with Crippen LogP contribution >= 0.6 is 15.9 Å². The number of amides is 1. The van der Waals surface area contributed by atoms with Crippen molar-refractivity contribution in [1.82, 2.24) is 0 Å². The average Bonchev–Trinajstić information content (AvgIpc) is 2.20. The van der Waals surface area contributed by atoms with Crippen LogP contribution in [0, 0.1) is 13.8 Å². The van der Waals surface area contributed by atoms with E-state index in [1.54, 1.807) is 11.9 Å². The molecule has 1 aromatic carbocycles. The van der Waals surface area contributed by atoms with Crippen LogP contribution in [0.5, 0.6) is 0 Å². The summed E-state index contributed by atoms with van der Waals surface area (Å²) in [5.74, 6) is 0.0682. The molecule has 0 atom stereocenters. The van der Waals surface area contributed by atoms with E-state index < -0.39 is 0 Å². The third-order valence-corrected chi connectivity index (χ3v) is 2.91. The molecule has 14 heavy (non-hydrogen) atoms. The zero-order valence-corrected chi connectivity index (χ0v) is 10.3. The lowest BCUT2D eigenvalue weighted by molar-refractivity contribution is -0.115. The molecule has 0 saturated carbocycles. The van der Waals surface area contributed by atoms with Crippen LogP contribution in [0.2, 0.25) is 0 Å². The first-order valence-corrected chi connectivity index (χ1v) is 5.58. The molecule has 2 nitrogen and oxygen atoms in total. The number of anilines is 1. The molecule has 0 radical (unpaired) electrons. The highest BCUT2D eigenvalue weighted by atomic mass is 79.9. The number of alkyl halides is 1. The van der Waals surface area contributed by atoms with E-state index in [1.165, 1.54) is 5.56 Å². The number of nitrogens with zero attached hydrogens (tertiary/aromatic N) is 1. The molecule has 76 valence electrons. The van der Waals surface area contributed by atoms with Gasteiger partial charge in [-0.15, -0.1) is 0 Å². The minimum Gasteiger partial charge on any atom is -0.314 e. The first-order chi connectivity index (χ1) is 6.57. The molecule has 0 spiro atoms. The monoisotopic (exact) mass is 255 g/mol. The molecule has 0 fully saturated rings. The van der Waals surface area contributed by atoms with Gasteiger partial charge in [0.05, 0.1) is 5.33 Å². The van der Waals surface area contributed by atoms with E-state index in [4.69, 9.17) is 0 Å². The minimum absolute atomic E-state index is 0.0682. The lowest BCUT2D eigenvalue weighted by Crippen LogP contribution is -2.27. The fraction of sp³-hybridized carbons (Fsp3) is 0.364. The molecule has 0 saturated heterocycles. The van der Waals surface area contributed by atoms with Gasteiger partial charge >= 0.3 is 0 Å². The molecule has 0 aliphatic heterocycles. The molecule has 0 unspecified atom stereocenters. The van der Waals surface area contributed by atoms with E-state index in [2.05, 4.69) is 15.9 Å². The van der Waals surface area contributed by atoms with Gasteiger partial charge in [-0.1, -0.05) is 28.1 Å². The fourth-order valence-corrected chi connectivity index (χ4v) is 1.70. The van der Waals surface area contributed by atoms with Gasteiger partial charge in [0, 0.05) is 12.7 Å². The predicted molar refractivity (Wildman–Crippen MR) is 63.1 cm³/mol. The Morgan fingerprint density at radius 1 is 1.43 bits per heavy atom. The largest absolute Gasteiger partial charge is 0.314 e. The van der Waals surface area contributed by atoms with Gasteiger partial charge in [-0.3, -0.25) is 4.79 Å². The molecule has 1 aromatic rings. The Hall–Kier alpha value is -0.830. The third-order valence-electron chi connectivity index (χ3n) is 2.43. The summed E-state index contributed by atoms with van der Waals surface area (Å²) >= 11 is 3.16. The number of benzene rings is 1. The van der Waals surface area contributed by atoms with E-state index >= 15 is 0 Å². The smallest absolute Gasteiger partial charge is 0.237 e. The maximum absolute atomic E-state index is 11.5. The van der Waals surface area contributed by atoms with Crippen molar-refractivity contribution in [3.8, 4) is 0 Å². The molecule has 3 heteroatoms. The maximum Gasteiger partial charge on any atom is 0.237 e. The molecule has 0 heterocycles. The highest BCUT2D eigenvalue weighted by Crippen LogP contribution is 2.21. The summed E-state index contributed by atoms with van der Waals surface area (Å²) in [7, 11) is 1.80. The second kappa shape index (κ2) is 4.60. The number of carbonyl (C=O) groups excluding carboxylic acids is 1. The number of hydrogen-bond donors (Lipinski definition) is 0. The van der Waals surface area contributed by atoms with Crippen molar-refractivity contribution >= 4 is 27.5 Å².